The van der Waals surface area contributed by atoms with Crippen molar-refractivity contribution in [3.8, 4) is 0 Å². The molecule has 1 atom stereocenters. The normalized spacial score (nSPS) is 18.8. The quantitative estimate of drug-likeness (QED) is 0.705. The Labute approximate surface area is 98.6 Å². The number of H-pyrrole nitrogens is 1. The molecule has 3 rings (SSSR count). The van der Waals surface area contributed by atoms with Crippen LogP contribution in [0.2, 0.25) is 0 Å². The molecule has 0 aliphatic carbocycles. The highest BCUT2D eigenvalue weighted by atomic mass is 16.4. The first-order valence-corrected chi connectivity index (χ1v) is 5.79. The molecule has 0 radical (unpaired) electrons. The van der Waals surface area contributed by atoms with Gasteiger partial charge in [0, 0.05) is 11.4 Å². The van der Waals surface area contributed by atoms with Crippen LogP contribution < -0.4 is 5.32 Å². The number of carboxylic acid groups (broad SMARTS) is 1. The zero-order valence-corrected chi connectivity index (χ0v) is 9.58. The summed E-state index contributed by atoms with van der Waals surface area (Å²) in [6.07, 6.45) is 2.16. The highest BCUT2D eigenvalue weighted by Crippen LogP contribution is 2.32. The Kier molecular flexibility index (Phi) is 2.11. The second-order valence-corrected chi connectivity index (χ2v) is 4.64. The molecule has 0 bridgehead atoms. The van der Waals surface area contributed by atoms with Crippen LogP contribution in [0, 0.1) is 0 Å². The molecule has 1 unspecified atom stereocenters. The fourth-order valence-electron chi connectivity index (χ4n) is 2.42. The Morgan fingerprint density at radius 2 is 2.29 bits per heavy atom. The third-order valence-electron chi connectivity index (χ3n) is 3.35. The summed E-state index contributed by atoms with van der Waals surface area (Å²) in [4.78, 5) is 13.9. The number of aryl methyl sites for hydroxylation is 1. The summed E-state index contributed by atoms with van der Waals surface area (Å²) >= 11 is 0. The van der Waals surface area contributed by atoms with Crippen molar-refractivity contribution in [2.24, 2.45) is 0 Å². The first-order chi connectivity index (χ1) is 8.15. The van der Waals surface area contributed by atoms with Crippen LogP contribution >= 0.6 is 0 Å². The fourth-order valence-corrected chi connectivity index (χ4v) is 2.42. The van der Waals surface area contributed by atoms with E-state index in [4.69, 9.17) is 5.11 Å². The average Bonchev–Trinajstić information content (AvgIpc) is 2.73. The van der Waals surface area contributed by atoms with Gasteiger partial charge in [0.25, 0.3) is 0 Å². The zero-order valence-electron chi connectivity index (χ0n) is 9.58. The molecule has 1 aliphatic rings. The zero-order chi connectivity index (χ0) is 12.0. The minimum Gasteiger partial charge on any atom is -0.477 e. The van der Waals surface area contributed by atoms with Crippen molar-refractivity contribution in [1.29, 1.82) is 0 Å². The van der Waals surface area contributed by atoms with Gasteiger partial charge in [-0.25, -0.2) is 4.79 Å². The van der Waals surface area contributed by atoms with Crippen molar-refractivity contribution in [3.63, 3.8) is 0 Å². The second kappa shape index (κ2) is 3.52. The van der Waals surface area contributed by atoms with E-state index in [9.17, 15) is 4.79 Å². The van der Waals surface area contributed by atoms with E-state index in [0.29, 0.717) is 6.04 Å². The standard InChI is InChI=1S/C13H14N2O2/c1-7-2-3-8-4-5-9-6-10(13(16)17)15-12(9)11(8)14-7/h4-7,14-15H,2-3H2,1H3,(H,16,17). The second-order valence-electron chi connectivity index (χ2n) is 4.64. The van der Waals surface area contributed by atoms with E-state index in [1.165, 1.54) is 5.56 Å². The van der Waals surface area contributed by atoms with Gasteiger partial charge >= 0.3 is 5.97 Å². The van der Waals surface area contributed by atoms with Gasteiger partial charge in [0.2, 0.25) is 0 Å². The summed E-state index contributed by atoms with van der Waals surface area (Å²) in [6, 6.07) is 6.17. The monoisotopic (exact) mass is 230 g/mol. The van der Waals surface area contributed by atoms with Crippen molar-refractivity contribution >= 4 is 22.6 Å². The minimum atomic E-state index is -0.918. The average molecular weight is 230 g/mol. The highest BCUT2D eigenvalue weighted by Gasteiger charge is 2.18. The van der Waals surface area contributed by atoms with Gasteiger partial charge < -0.3 is 15.4 Å². The van der Waals surface area contributed by atoms with Crippen LogP contribution in [0.4, 0.5) is 5.69 Å². The lowest BCUT2D eigenvalue weighted by Gasteiger charge is -2.24. The molecule has 0 spiro atoms. The fraction of sp³-hybridized carbons (Fsp3) is 0.308. The van der Waals surface area contributed by atoms with Crippen LogP contribution in [0.5, 0.6) is 0 Å². The molecule has 4 heteroatoms. The molecular weight excluding hydrogens is 216 g/mol. The summed E-state index contributed by atoms with van der Waals surface area (Å²) in [5, 5.41) is 13.4. The molecule has 1 aromatic heterocycles. The number of aromatic amines is 1. The molecule has 2 aromatic rings. The Hall–Kier alpha value is -1.97. The van der Waals surface area contributed by atoms with E-state index in [2.05, 4.69) is 23.3 Å². The number of aromatic nitrogens is 1. The lowest BCUT2D eigenvalue weighted by Crippen LogP contribution is -2.22. The lowest BCUT2D eigenvalue weighted by molar-refractivity contribution is 0.0691. The first kappa shape index (κ1) is 10.2. The summed E-state index contributed by atoms with van der Waals surface area (Å²) in [5.74, 6) is -0.918. The molecular formula is C13H14N2O2. The minimum absolute atomic E-state index is 0.244. The maximum absolute atomic E-state index is 11.0. The Bertz CT molecular complexity index is 601. The number of carbonyl (C=O) groups is 1. The lowest BCUT2D eigenvalue weighted by atomic mass is 9.97. The Morgan fingerprint density at radius 3 is 3.06 bits per heavy atom. The molecule has 0 fully saturated rings. The van der Waals surface area contributed by atoms with Gasteiger partial charge in [-0.2, -0.15) is 0 Å². The number of carboxylic acids is 1. The van der Waals surface area contributed by atoms with E-state index >= 15 is 0 Å². The van der Waals surface area contributed by atoms with Crippen molar-refractivity contribution in [3.05, 3.63) is 29.5 Å². The van der Waals surface area contributed by atoms with Crippen LogP contribution in [-0.2, 0) is 6.42 Å². The first-order valence-electron chi connectivity index (χ1n) is 5.79. The van der Waals surface area contributed by atoms with Gasteiger partial charge in [0.15, 0.2) is 0 Å². The van der Waals surface area contributed by atoms with Gasteiger partial charge in [0.05, 0.1) is 11.2 Å². The molecule has 2 heterocycles. The molecule has 0 saturated carbocycles. The van der Waals surface area contributed by atoms with Gasteiger partial charge in [-0.1, -0.05) is 12.1 Å². The predicted octanol–water partition coefficient (Wildman–Crippen LogP) is 2.61. The van der Waals surface area contributed by atoms with Crippen LogP contribution in [0.3, 0.4) is 0 Å². The van der Waals surface area contributed by atoms with Gasteiger partial charge in [-0.05, 0) is 31.4 Å². The number of benzene rings is 1. The maximum atomic E-state index is 11.0. The van der Waals surface area contributed by atoms with E-state index < -0.39 is 5.97 Å². The number of fused-ring (bicyclic) bond motifs is 3. The van der Waals surface area contributed by atoms with Crippen molar-refractivity contribution in [2.45, 2.75) is 25.8 Å². The predicted molar refractivity (Wildman–Crippen MR) is 66.7 cm³/mol. The van der Waals surface area contributed by atoms with Crippen molar-refractivity contribution in [2.75, 3.05) is 5.32 Å². The number of aromatic carboxylic acids is 1. The number of hydrogen-bond acceptors (Lipinski definition) is 2. The molecule has 0 saturated heterocycles. The Balaban J connectivity index is 2.22. The Morgan fingerprint density at radius 1 is 1.47 bits per heavy atom. The smallest absolute Gasteiger partial charge is 0.352 e. The molecule has 88 valence electrons. The number of rotatable bonds is 1. The van der Waals surface area contributed by atoms with E-state index in [1.807, 2.05) is 6.07 Å². The van der Waals surface area contributed by atoms with Crippen LogP contribution in [-0.4, -0.2) is 22.1 Å². The SMILES string of the molecule is CC1CCc2ccc3cc(C(=O)O)[nH]c3c2N1. The molecule has 3 N–H and O–H groups in total. The van der Waals surface area contributed by atoms with E-state index in [-0.39, 0.29) is 5.69 Å². The molecule has 0 amide bonds. The number of hydrogen-bond donors (Lipinski definition) is 3. The third-order valence-corrected chi connectivity index (χ3v) is 3.35. The van der Waals surface area contributed by atoms with Crippen LogP contribution in [0.25, 0.3) is 10.9 Å². The van der Waals surface area contributed by atoms with Crippen molar-refractivity contribution < 1.29 is 9.90 Å². The summed E-state index contributed by atoms with van der Waals surface area (Å²) in [5.41, 5.74) is 3.48. The summed E-state index contributed by atoms with van der Waals surface area (Å²) in [6.45, 7) is 2.14. The van der Waals surface area contributed by atoms with E-state index in [1.54, 1.807) is 6.07 Å². The van der Waals surface area contributed by atoms with Gasteiger partial charge in [0.1, 0.15) is 5.69 Å². The topological polar surface area (TPSA) is 65.1 Å². The largest absolute Gasteiger partial charge is 0.477 e. The highest BCUT2D eigenvalue weighted by molar-refractivity contribution is 5.99. The molecule has 1 aliphatic heterocycles. The maximum Gasteiger partial charge on any atom is 0.352 e. The van der Waals surface area contributed by atoms with Crippen LogP contribution in [0.15, 0.2) is 18.2 Å². The van der Waals surface area contributed by atoms with Gasteiger partial charge in [-0.15, -0.1) is 0 Å². The molecule has 4 nitrogen and oxygen atoms in total. The third kappa shape index (κ3) is 1.56. The summed E-state index contributed by atoms with van der Waals surface area (Å²) < 4.78 is 0. The summed E-state index contributed by atoms with van der Waals surface area (Å²) in [7, 11) is 0. The van der Waals surface area contributed by atoms with Crippen molar-refractivity contribution in [1.82, 2.24) is 4.98 Å². The molecule has 1 aromatic carbocycles. The van der Waals surface area contributed by atoms with Crippen LogP contribution in [0.1, 0.15) is 29.4 Å². The molecule has 17 heavy (non-hydrogen) atoms. The number of nitrogens with one attached hydrogen (secondary N) is 2. The van der Waals surface area contributed by atoms with E-state index in [0.717, 1.165) is 29.4 Å². The van der Waals surface area contributed by atoms with Gasteiger partial charge in [-0.3, -0.25) is 0 Å². The number of anilines is 1.